The van der Waals surface area contributed by atoms with Gasteiger partial charge in [-0.25, -0.2) is 17.6 Å². The number of benzene rings is 1. The van der Waals surface area contributed by atoms with E-state index in [0.717, 1.165) is 18.2 Å². The molecule has 0 bridgehead atoms. The smallest absolute Gasteiger partial charge is 0.338 e. The van der Waals surface area contributed by atoms with E-state index in [1.165, 1.54) is 0 Å². The number of halogens is 1. The summed E-state index contributed by atoms with van der Waals surface area (Å²) >= 11 is 0. The van der Waals surface area contributed by atoms with Crippen LogP contribution in [0.2, 0.25) is 0 Å². The third kappa shape index (κ3) is 4.57. The molecule has 20 heavy (non-hydrogen) atoms. The van der Waals surface area contributed by atoms with Gasteiger partial charge >= 0.3 is 5.97 Å². The highest BCUT2D eigenvalue weighted by Gasteiger charge is 2.20. The summed E-state index contributed by atoms with van der Waals surface area (Å²) < 4.78 is 42.6. The molecule has 1 N–H and O–H groups in total. The van der Waals surface area contributed by atoms with Gasteiger partial charge in [0.05, 0.1) is 28.4 Å². The first-order chi connectivity index (χ1) is 9.03. The highest BCUT2D eigenvalue weighted by Crippen LogP contribution is 2.17. The second-order valence-corrected chi connectivity index (χ2v) is 7.34. The molecular formula is C13H17FO5S. The second kappa shape index (κ2) is 5.88. The van der Waals surface area contributed by atoms with Crippen LogP contribution < -0.4 is 0 Å². The Balaban J connectivity index is 2.93. The molecule has 0 aliphatic heterocycles. The molecule has 0 fully saturated rings. The number of aromatic carboxylic acids is 1. The number of hydrogen-bond donors (Lipinski definition) is 1. The van der Waals surface area contributed by atoms with Gasteiger partial charge in [-0.2, -0.15) is 0 Å². The average molecular weight is 304 g/mol. The minimum atomic E-state index is -3.71. The first-order valence-corrected chi connectivity index (χ1v) is 7.58. The molecule has 1 aromatic carbocycles. The topological polar surface area (TPSA) is 80.7 Å². The van der Waals surface area contributed by atoms with E-state index in [2.05, 4.69) is 0 Å². The van der Waals surface area contributed by atoms with Gasteiger partial charge < -0.3 is 9.84 Å². The van der Waals surface area contributed by atoms with Crippen LogP contribution >= 0.6 is 0 Å². The Morgan fingerprint density at radius 1 is 1.35 bits per heavy atom. The van der Waals surface area contributed by atoms with Crippen LogP contribution in [0.1, 0.15) is 31.1 Å². The van der Waals surface area contributed by atoms with Crippen molar-refractivity contribution in [1.82, 2.24) is 0 Å². The lowest BCUT2D eigenvalue weighted by Gasteiger charge is -2.19. The predicted molar refractivity (Wildman–Crippen MR) is 71.1 cm³/mol. The Morgan fingerprint density at radius 2 is 1.95 bits per heavy atom. The highest BCUT2D eigenvalue weighted by molar-refractivity contribution is 7.91. The second-order valence-electron chi connectivity index (χ2n) is 5.23. The fourth-order valence-electron chi connectivity index (χ4n) is 1.44. The molecule has 0 amide bonds. The zero-order valence-corrected chi connectivity index (χ0v) is 12.3. The van der Waals surface area contributed by atoms with Gasteiger partial charge in [0, 0.05) is 0 Å². The lowest BCUT2D eigenvalue weighted by Crippen LogP contribution is -2.23. The van der Waals surface area contributed by atoms with Gasteiger partial charge in [0.1, 0.15) is 5.82 Å². The van der Waals surface area contributed by atoms with Crippen molar-refractivity contribution >= 4 is 15.8 Å². The van der Waals surface area contributed by atoms with E-state index in [1.807, 2.05) is 0 Å². The van der Waals surface area contributed by atoms with Crippen LogP contribution in [0.4, 0.5) is 4.39 Å². The lowest BCUT2D eigenvalue weighted by atomic mass is 10.2. The molecule has 112 valence electrons. The number of hydrogen-bond acceptors (Lipinski definition) is 4. The predicted octanol–water partition coefficient (Wildman–Crippen LogP) is 2.11. The van der Waals surface area contributed by atoms with Crippen LogP contribution in [0.15, 0.2) is 23.1 Å². The Morgan fingerprint density at radius 3 is 2.45 bits per heavy atom. The molecule has 0 radical (unpaired) electrons. The van der Waals surface area contributed by atoms with Crippen molar-refractivity contribution in [3.8, 4) is 0 Å². The van der Waals surface area contributed by atoms with Crippen LogP contribution in [-0.4, -0.2) is 37.5 Å². The molecule has 0 atom stereocenters. The molecule has 0 saturated carbocycles. The third-order valence-corrected chi connectivity index (χ3v) is 4.09. The number of rotatable bonds is 5. The van der Waals surface area contributed by atoms with E-state index in [0.29, 0.717) is 0 Å². The van der Waals surface area contributed by atoms with Crippen molar-refractivity contribution in [1.29, 1.82) is 0 Å². The van der Waals surface area contributed by atoms with E-state index in [4.69, 9.17) is 9.84 Å². The fraction of sp³-hybridized carbons (Fsp3) is 0.462. The zero-order valence-electron chi connectivity index (χ0n) is 11.5. The van der Waals surface area contributed by atoms with E-state index < -0.39 is 32.8 Å². The summed E-state index contributed by atoms with van der Waals surface area (Å²) in [7, 11) is -3.71. The first kappa shape index (κ1) is 16.6. The Labute approximate surface area is 117 Å². The van der Waals surface area contributed by atoms with Gasteiger partial charge in [-0.3, -0.25) is 0 Å². The molecule has 0 aromatic heterocycles. The van der Waals surface area contributed by atoms with E-state index >= 15 is 0 Å². The van der Waals surface area contributed by atoms with Crippen molar-refractivity contribution < 1.29 is 27.4 Å². The Hall–Kier alpha value is -1.47. The summed E-state index contributed by atoms with van der Waals surface area (Å²) in [6, 6.07) is 2.71. The third-order valence-electron chi connectivity index (χ3n) is 2.41. The van der Waals surface area contributed by atoms with Crippen LogP contribution in [-0.2, 0) is 14.6 Å². The Kier molecular flexibility index (Phi) is 4.88. The minimum Gasteiger partial charge on any atom is -0.478 e. The van der Waals surface area contributed by atoms with Gasteiger partial charge in [-0.15, -0.1) is 0 Å². The number of sulfone groups is 1. The maximum atomic E-state index is 13.2. The average Bonchev–Trinajstić information content (AvgIpc) is 2.26. The number of carbonyl (C=O) groups is 1. The maximum absolute atomic E-state index is 13.2. The van der Waals surface area contributed by atoms with Crippen LogP contribution in [0.3, 0.4) is 0 Å². The van der Waals surface area contributed by atoms with E-state index in [1.54, 1.807) is 20.8 Å². The van der Waals surface area contributed by atoms with Crippen LogP contribution in [0, 0.1) is 5.82 Å². The van der Waals surface area contributed by atoms with Crippen molar-refractivity contribution in [2.45, 2.75) is 31.3 Å². The summed E-state index contributed by atoms with van der Waals surface area (Å²) in [5.74, 6) is -2.78. The molecule has 5 nitrogen and oxygen atoms in total. The van der Waals surface area contributed by atoms with E-state index in [9.17, 15) is 17.6 Å². The van der Waals surface area contributed by atoms with Crippen molar-refractivity contribution in [3.05, 3.63) is 29.6 Å². The molecule has 0 spiro atoms. The lowest BCUT2D eigenvalue weighted by molar-refractivity contribution is 0.00644. The maximum Gasteiger partial charge on any atom is 0.338 e. The number of ether oxygens (including phenoxy) is 1. The number of carboxylic acids is 1. The SMILES string of the molecule is CC(C)(C)OCCS(=O)(=O)c1ccc(F)c(C(=O)O)c1. The Bertz CT molecular complexity index is 602. The molecule has 7 heteroatoms. The monoisotopic (exact) mass is 304 g/mol. The van der Waals surface area contributed by atoms with Crippen molar-refractivity contribution in [3.63, 3.8) is 0 Å². The standard InChI is InChI=1S/C13H17FO5S/c1-13(2,3)19-6-7-20(17,18)9-4-5-11(14)10(8-9)12(15)16/h4-5,8H,6-7H2,1-3H3,(H,15,16). The summed E-state index contributed by atoms with van der Waals surface area (Å²) in [5.41, 5.74) is -1.13. The summed E-state index contributed by atoms with van der Waals surface area (Å²) in [6.45, 7) is 5.35. The molecule has 0 saturated heterocycles. The molecule has 0 aliphatic rings. The first-order valence-electron chi connectivity index (χ1n) is 5.92. The fourth-order valence-corrected chi connectivity index (χ4v) is 2.55. The molecule has 0 unspecified atom stereocenters. The van der Waals surface area contributed by atoms with Gasteiger partial charge in [0.25, 0.3) is 0 Å². The molecule has 0 aliphatic carbocycles. The summed E-state index contributed by atoms with van der Waals surface area (Å²) in [6.07, 6.45) is 0. The van der Waals surface area contributed by atoms with Gasteiger partial charge in [0.15, 0.2) is 9.84 Å². The zero-order chi connectivity index (χ0) is 15.6. The molecular weight excluding hydrogens is 287 g/mol. The van der Waals surface area contributed by atoms with Crippen LogP contribution in [0.25, 0.3) is 0 Å². The van der Waals surface area contributed by atoms with Gasteiger partial charge in [-0.1, -0.05) is 0 Å². The summed E-state index contributed by atoms with van der Waals surface area (Å²) in [4.78, 5) is 10.6. The largest absolute Gasteiger partial charge is 0.478 e. The molecule has 0 heterocycles. The normalized spacial score (nSPS) is 12.4. The minimum absolute atomic E-state index is 0.0222. The number of carboxylic acid groups (broad SMARTS) is 1. The van der Waals surface area contributed by atoms with Gasteiger partial charge in [0.2, 0.25) is 0 Å². The van der Waals surface area contributed by atoms with Gasteiger partial charge in [-0.05, 0) is 39.0 Å². The quantitative estimate of drug-likeness (QED) is 0.843. The van der Waals surface area contributed by atoms with Crippen molar-refractivity contribution in [2.24, 2.45) is 0 Å². The van der Waals surface area contributed by atoms with E-state index in [-0.39, 0.29) is 17.3 Å². The summed E-state index contributed by atoms with van der Waals surface area (Å²) in [5, 5.41) is 8.78. The van der Waals surface area contributed by atoms with Crippen molar-refractivity contribution in [2.75, 3.05) is 12.4 Å². The highest BCUT2D eigenvalue weighted by atomic mass is 32.2. The molecule has 1 aromatic rings. The molecule has 1 rings (SSSR count). The van der Waals surface area contributed by atoms with Crippen LogP contribution in [0.5, 0.6) is 0 Å².